The molecule has 0 spiro atoms. The molecule has 3 aromatic rings. The van der Waals surface area contributed by atoms with Crippen molar-refractivity contribution in [3.63, 3.8) is 0 Å². The van der Waals surface area contributed by atoms with E-state index in [4.69, 9.17) is 10.5 Å². The Hall–Kier alpha value is -3.12. The van der Waals surface area contributed by atoms with Gasteiger partial charge in [-0.2, -0.15) is 5.26 Å². The number of ether oxygens (including phenoxy) is 1. The monoisotopic (exact) mass is 463 g/mol. The maximum Gasteiger partial charge on any atom is 0.264 e. The highest BCUT2D eigenvalue weighted by molar-refractivity contribution is 7.12. The molecule has 2 aliphatic heterocycles. The van der Waals surface area contributed by atoms with Crippen molar-refractivity contribution in [2.45, 2.75) is 5.92 Å². The molecule has 2 N–H and O–H groups in total. The van der Waals surface area contributed by atoms with E-state index in [9.17, 15) is 10.1 Å². The Balaban J connectivity index is 1.65. The molecule has 0 saturated carbocycles. The molecule has 3 aromatic heterocycles. The highest BCUT2D eigenvalue weighted by Crippen LogP contribution is 2.45. The summed E-state index contributed by atoms with van der Waals surface area (Å²) in [6.45, 7) is 0.800. The first kappa shape index (κ1) is 19.8. The second kappa shape index (κ2) is 8.19. The minimum absolute atomic E-state index is 0.0235. The maximum absolute atomic E-state index is 13.2. The number of nitriles is 1. The molecule has 5 nitrogen and oxygen atoms in total. The summed E-state index contributed by atoms with van der Waals surface area (Å²) in [5.74, 6) is 0.470. The zero-order valence-electron chi connectivity index (χ0n) is 16.3. The number of amides is 1. The Kier molecular flexibility index (Phi) is 5.24. The standard InChI is InChI=1S/C23H17N3O2S3/c24-11-16-20(18-5-2-8-30-18)17-13-26(23(27)19-6-3-9-31-19)12-14(21(17)28-22(16)25)10-15-4-1-7-29-15/h1-10,20H,12-13,25H2/b14-10+. The summed E-state index contributed by atoms with van der Waals surface area (Å²) in [5.41, 5.74) is 8.37. The van der Waals surface area contributed by atoms with Crippen LogP contribution >= 0.6 is 34.0 Å². The average Bonchev–Trinajstić information content (AvgIpc) is 3.56. The van der Waals surface area contributed by atoms with E-state index in [0.29, 0.717) is 29.3 Å². The Bertz CT molecular complexity index is 1240. The smallest absolute Gasteiger partial charge is 0.264 e. The summed E-state index contributed by atoms with van der Waals surface area (Å²) in [5, 5.41) is 15.7. The summed E-state index contributed by atoms with van der Waals surface area (Å²) < 4.78 is 6.02. The quantitative estimate of drug-likeness (QED) is 0.581. The molecule has 0 aliphatic carbocycles. The molecule has 1 amide bonds. The van der Waals surface area contributed by atoms with E-state index in [2.05, 4.69) is 6.07 Å². The molecule has 0 saturated heterocycles. The summed E-state index contributed by atoms with van der Waals surface area (Å²) >= 11 is 4.62. The number of allylic oxidation sites excluding steroid dienone is 1. The minimum Gasteiger partial charge on any atom is -0.440 e. The SMILES string of the molecule is N#CC1=C(N)OC2=C(CN(C(=O)c3cccs3)C/C2=C\c2cccs2)C1c1cccs1. The lowest BCUT2D eigenvalue weighted by Gasteiger charge is -2.37. The molecule has 0 bridgehead atoms. The highest BCUT2D eigenvalue weighted by atomic mass is 32.1. The summed E-state index contributed by atoms with van der Waals surface area (Å²) in [7, 11) is 0. The van der Waals surface area contributed by atoms with Crippen molar-refractivity contribution in [3.05, 3.63) is 95.5 Å². The van der Waals surface area contributed by atoms with Gasteiger partial charge in [0.05, 0.1) is 17.3 Å². The number of carbonyl (C=O) groups excluding carboxylic acids is 1. The molecule has 2 aliphatic rings. The van der Waals surface area contributed by atoms with Crippen LogP contribution < -0.4 is 5.73 Å². The first-order valence-corrected chi connectivity index (χ1v) is 12.2. The van der Waals surface area contributed by atoms with Crippen molar-refractivity contribution in [1.82, 2.24) is 4.90 Å². The molecular weight excluding hydrogens is 446 g/mol. The normalized spacial score (nSPS) is 19.9. The van der Waals surface area contributed by atoms with Gasteiger partial charge in [-0.3, -0.25) is 4.79 Å². The number of rotatable bonds is 3. The van der Waals surface area contributed by atoms with Gasteiger partial charge in [-0.25, -0.2) is 0 Å². The number of hydrogen-bond acceptors (Lipinski definition) is 7. The lowest BCUT2D eigenvalue weighted by molar-refractivity contribution is 0.0772. The van der Waals surface area contributed by atoms with E-state index >= 15 is 0 Å². The zero-order valence-corrected chi connectivity index (χ0v) is 18.7. The predicted molar refractivity (Wildman–Crippen MR) is 125 cm³/mol. The van der Waals surface area contributed by atoms with E-state index < -0.39 is 0 Å². The van der Waals surface area contributed by atoms with Crippen LogP contribution in [0.15, 0.2) is 80.9 Å². The number of thiophene rings is 3. The highest BCUT2D eigenvalue weighted by Gasteiger charge is 2.39. The fourth-order valence-corrected chi connectivity index (χ4v) is 6.14. The van der Waals surface area contributed by atoms with Gasteiger partial charge in [-0.15, -0.1) is 34.0 Å². The van der Waals surface area contributed by atoms with E-state index in [1.165, 1.54) is 11.3 Å². The molecule has 0 aromatic carbocycles. The molecule has 154 valence electrons. The first-order chi connectivity index (χ1) is 15.2. The third kappa shape index (κ3) is 3.61. The van der Waals surface area contributed by atoms with Crippen LogP contribution in [0.4, 0.5) is 0 Å². The van der Waals surface area contributed by atoms with E-state index in [1.807, 2.05) is 63.5 Å². The van der Waals surface area contributed by atoms with Crippen LogP contribution in [0.3, 0.4) is 0 Å². The van der Waals surface area contributed by atoms with Gasteiger partial charge in [-0.05, 0) is 40.4 Å². The molecule has 0 radical (unpaired) electrons. The zero-order chi connectivity index (χ0) is 21.4. The molecule has 0 fully saturated rings. The minimum atomic E-state index is -0.320. The molecule has 5 heterocycles. The van der Waals surface area contributed by atoms with Crippen molar-refractivity contribution in [3.8, 4) is 6.07 Å². The number of hydrogen-bond donors (Lipinski definition) is 1. The topological polar surface area (TPSA) is 79.4 Å². The van der Waals surface area contributed by atoms with Crippen LogP contribution in [-0.4, -0.2) is 23.9 Å². The van der Waals surface area contributed by atoms with Crippen molar-refractivity contribution in [2.24, 2.45) is 5.73 Å². The fraction of sp³-hybridized carbons (Fsp3) is 0.130. The van der Waals surface area contributed by atoms with Crippen LogP contribution in [0.5, 0.6) is 0 Å². The number of nitrogens with zero attached hydrogens (tertiary/aromatic N) is 2. The molecule has 1 atom stereocenters. The van der Waals surface area contributed by atoms with Gasteiger partial charge in [0.15, 0.2) is 0 Å². The van der Waals surface area contributed by atoms with Crippen LogP contribution in [0, 0.1) is 11.3 Å². The van der Waals surface area contributed by atoms with Crippen LogP contribution in [0.1, 0.15) is 25.3 Å². The van der Waals surface area contributed by atoms with E-state index in [0.717, 1.165) is 20.9 Å². The van der Waals surface area contributed by atoms with Crippen molar-refractivity contribution < 1.29 is 9.53 Å². The van der Waals surface area contributed by atoms with Gasteiger partial charge in [0.2, 0.25) is 5.88 Å². The summed E-state index contributed by atoms with van der Waals surface area (Å²) in [6.07, 6.45) is 2.05. The third-order valence-electron chi connectivity index (χ3n) is 5.25. The number of carbonyl (C=O) groups is 1. The fourth-order valence-electron chi connectivity index (χ4n) is 3.90. The Morgan fingerprint density at radius 3 is 2.58 bits per heavy atom. The number of nitrogens with two attached hydrogens (primary N) is 1. The molecule has 5 rings (SSSR count). The molecule has 8 heteroatoms. The molecule has 1 unspecified atom stereocenters. The second-order valence-electron chi connectivity index (χ2n) is 7.12. The van der Waals surface area contributed by atoms with E-state index in [1.54, 1.807) is 22.7 Å². The van der Waals surface area contributed by atoms with Crippen LogP contribution in [0.25, 0.3) is 6.08 Å². The van der Waals surface area contributed by atoms with Gasteiger partial charge < -0.3 is 15.4 Å². The van der Waals surface area contributed by atoms with Gasteiger partial charge in [0.25, 0.3) is 5.91 Å². The van der Waals surface area contributed by atoms with Gasteiger partial charge >= 0.3 is 0 Å². The van der Waals surface area contributed by atoms with Crippen molar-refractivity contribution >= 4 is 46.0 Å². The Morgan fingerprint density at radius 1 is 1.13 bits per heavy atom. The maximum atomic E-state index is 13.2. The predicted octanol–water partition coefficient (Wildman–Crippen LogP) is 5.17. The Labute approximate surface area is 191 Å². The van der Waals surface area contributed by atoms with Gasteiger partial charge in [-0.1, -0.05) is 18.2 Å². The molecule has 31 heavy (non-hydrogen) atoms. The molecular formula is C23H17N3O2S3. The first-order valence-electron chi connectivity index (χ1n) is 9.57. The summed E-state index contributed by atoms with van der Waals surface area (Å²) in [6, 6.07) is 13.9. The lowest BCUT2D eigenvalue weighted by Crippen LogP contribution is -2.41. The van der Waals surface area contributed by atoms with Crippen LogP contribution in [0.2, 0.25) is 0 Å². The van der Waals surface area contributed by atoms with Crippen molar-refractivity contribution in [2.75, 3.05) is 13.1 Å². The average molecular weight is 464 g/mol. The largest absolute Gasteiger partial charge is 0.440 e. The third-order valence-corrected chi connectivity index (χ3v) is 7.86. The van der Waals surface area contributed by atoms with Gasteiger partial charge in [0.1, 0.15) is 17.4 Å². The summed E-state index contributed by atoms with van der Waals surface area (Å²) in [4.78, 5) is 17.8. The van der Waals surface area contributed by atoms with Gasteiger partial charge in [0, 0.05) is 27.4 Å². The van der Waals surface area contributed by atoms with Crippen LogP contribution in [-0.2, 0) is 4.74 Å². The lowest BCUT2D eigenvalue weighted by atomic mass is 9.83. The van der Waals surface area contributed by atoms with Crippen molar-refractivity contribution in [1.29, 1.82) is 5.26 Å². The van der Waals surface area contributed by atoms with E-state index in [-0.39, 0.29) is 17.7 Å². The Morgan fingerprint density at radius 2 is 1.90 bits per heavy atom. The second-order valence-corrected chi connectivity index (χ2v) is 10.0.